The van der Waals surface area contributed by atoms with Gasteiger partial charge in [-0.2, -0.15) is 0 Å². The maximum absolute atomic E-state index is 11.7. The molecule has 1 N–H and O–H groups in total. The normalized spacial score (nSPS) is 24.9. The van der Waals surface area contributed by atoms with E-state index in [4.69, 9.17) is 4.74 Å². The summed E-state index contributed by atoms with van der Waals surface area (Å²) in [5, 5.41) is 3.06. The van der Waals surface area contributed by atoms with Gasteiger partial charge in [-0.25, -0.2) is 0 Å². The molecule has 2 aliphatic rings. The third kappa shape index (κ3) is 5.06. The molecule has 0 aromatic carbocycles. The van der Waals surface area contributed by atoms with Crippen LogP contribution in [0.3, 0.4) is 0 Å². The summed E-state index contributed by atoms with van der Waals surface area (Å²) in [5.41, 5.74) is 0. The van der Waals surface area contributed by atoms with Gasteiger partial charge < -0.3 is 15.0 Å². The van der Waals surface area contributed by atoms with E-state index in [1.54, 1.807) is 0 Å². The largest absolute Gasteiger partial charge is 0.381 e. The highest BCUT2D eigenvalue weighted by molar-refractivity contribution is 5.75. The van der Waals surface area contributed by atoms with Crippen molar-refractivity contribution in [2.24, 2.45) is 5.92 Å². The molecule has 1 heterocycles. The molecule has 1 atom stereocenters. The number of amides is 1. The van der Waals surface area contributed by atoms with Crippen molar-refractivity contribution in [2.75, 3.05) is 32.8 Å². The predicted octanol–water partition coefficient (Wildman–Crippen LogP) is 2.18. The van der Waals surface area contributed by atoms with Gasteiger partial charge in [0.1, 0.15) is 0 Å². The number of carbonyl (C=O) groups is 1. The Morgan fingerprint density at radius 2 is 2.05 bits per heavy atom. The van der Waals surface area contributed by atoms with Crippen LogP contribution in [0.2, 0.25) is 0 Å². The average Bonchev–Trinajstić information content (AvgIpc) is 2.95. The van der Waals surface area contributed by atoms with E-state index in [1.165, 1.54) is 51.6 Å². The first-order valence-electron chi connectivity index (χ1n) is 8.38. The Hall–Kier alpha value is -0.610. The minimum atomic E-state index is 0.134. The van der Waals surface area contributed by atoms with E-state index in [0.29, 0.717) is 25.6 Å². The number of likely N-dealkylation sites (tertiary alicyclic amines) is 1. The van der Waals surface area contributed by atoms with Crippen LogP contribution in [0.15, 0.2) is 0 Å². The lowest BCUT2D eigenvalue weighted by atomic mass is 9.94. The van der Waals surface area contributed by atoms with E-state index >= 15 is 0 Å². The fourth-order valence-corrected chi connectivity index (χ4v) is 3.46. The number of nitrogens with one attached hydrogen (secondary N) is 1. The van der Waals surface area contributed by atoms with Crippen LogP contribution in [0.4, 0.5) is 0 Å². The average molecular weight is 282 g/mol. The van der Waals surface area contributed by atoms with Gasteiger partial charge in [0.15, 0.2) is 0 Å². The number of rotatable bonds is 7. The van der Waals surface area contributed by atoms with E-state index < -0.39 is 0 Å². The maximum Gasteiger partial charge on any atom is 0.222 e. The number of nitrogens with zero attached hydrogens (tertiary/aromatic N) is 1. The lowest BCUT2D eigenvalue weighted by molar-refractivity contribution is -0.122. The van der Waals surface area contributed by atoms with Crippen LogP contribution in [0.25, 0.3) is 0 Å². The molecule has 1 aliphatic carbocycles. The van der Waals surface area contributed by atoms with Crippen molar-refractivity contribution in [2.45, 2.75) is 57.9 Å². The van der Waals surface area contributed by atoms with E-state index in [1.807, 2.05) is 6.92 Å². The molecule has 4 nitrogen and oxygen atoms in total. The monoisotopic (exact) mass is 282 g/mol. The van der Waals surface area contributed by atoms with Crippen molar-refractivity contribution in [3.05, 3.63) is 0 Å². The molecular weight excluding hydrogens is 252 g/mol. The van der Waals surface area contributed by atoms with Crippen molar-refractivity contribution in [1.29, 1.82) is 0 Å². The van der Waals surface area contributed by atoms with E-state index in [2.05, 4.69) is 10.2 Å². The van der Waals surface area contributed by atoms with Crippen LogP contribution in [0.5, 0.6) is 0 Å². The minimum absolute atomic E-state index is 0.134. The molecule has 2 rings (SSSR count). The lowest BCUT2D eigenvalue weighted by Gasteiger charge is -2.31. The van der Waals surface area contributed by atoms with Crippen LogP contribution >= 0.6 is 0 Å². The first-order chi connectivity index (χ1) is 9.79. The third-order valence-corrected chi connectivity index (χ3v) is 4.67. The van der Waals surface area contributed by atoms with Gasteiger partial charge in [0.05, 0.1) is 6.61 Å². The van der Waals surface area contributed by atoms with Crippen LogP contribution in [-0.2, 0) is 9.53 Å². The molecule has 0 bridgehead atoms. The summed E-state index contributed by atoms with van der Waals surface area (Å²) >= 11 is 0. The Labute approximate surface area is 123 Å². The van der Waals surface area contributed by atoms with E-state index in [9.17, 15) is 4.79 Å². The highest BCUT2D eigenvalue weighted by Gasteiger charge is 2.28. The lowest BCUT2D eigenvalue weighted by Crippen LogP contribution is -2.36. The Morgan fingerprint density at radius 3 is 2.80 bits per heavy atom. The third-order valence-electron chi connectivity index (χ3n) is 4.67. The molecule has 20 heavy (non-hydrogen) atoms. The molecule has 1 saturated carbocycles. The Bertz CT molecular complexity index is 290. The number of carbonyl (C=O) groups excluding carboxylic acids is 1. The van der Waals surface area contributed by atoms with Gasteiger partial charge in [-0.1, -0.05) is 19.3 Å². The highest BCUT2D eigenvalue weighted by atomic mass is 16.5. The summed E-state index contributed by atoms with van der Waals surface area (Å²) in [6.07, 6.45) is 8.72. The van der Waals surface area contributed by atoms with Gasteiger partial charge in [0.2, 0.25) is 5.91 Å². The summed E-state index contributed by atoms with van der Waals surface area (Å²) in [6.45, 7) is 6.43. The molecule has 1 aliphatic heterocycles. The van der Waals surface area contributed by atoms with Crippen LogP contribution in [0, 0.1) is 5.92 Å². The van der Waals surface area contributed by atoms with Crippen LogP contribution < -0.4 is 5.32 Å². The second kappa shape index (κ2) is 8.63. The highest BCUT2D eigenvalue weighted by Crippen LogP contribution is 2.27. The summed E-state index contributed by atoms with van der Waals surface area (Å²) in [5.74, 6) is 0.780. The molecular formula is C16H30N2O2. The zero-order valence-electron chi connectivity index (χ0n) is 12.9. The fraction of sp³-hybridized carbons (Fsp3) is 0.938. The molecule has 0 spiro atoms. The molecule has 0 aromatic rings. The zero-order valence-corrected chi connectivity index (χ0v) is 12.9. The first kappa shape index (κ1) is 15.8. The molecule has 0 aromatic heterocycles. The molecule has 2 fully saturated rings. The van der Waals surface area contributed by atoms with Gasteiger partial charge in [0, 0.05) is 32.2 Å². The van der Waals surface area contributed by atoms with Crippen molar-refractivity contribution in [1.82, 2.24) is 10.2 Å². The summed E-state index contributed by atoms with van der Waals surface area (Å²) in [7, 11) is 0. The fourth-order valence-electron chi connectivity index (χ4n) is 3.46. The van der Waals surface area contributed by atoms with Gasteiger partial charge in [-0.3, -0.25) is 4.79 Å². The Morgan fingerprint density at radius 1 is 1.25 bits per heavy atom. The number of hydrogen-bond acceptors (Lipinski definition) is 3. The summed E-state index contributed by atoms with van der Waals surface area (Å²) in [6, 6.07) is 0.822. The predicted molar refractivity (Wildman–Crippen MR) is 80.7 cm³/mol. The van der Waals surface area contributed by atoms with Crippen molar-refractivity contribution < 1.29 is 9.53 Å². The Kier molecular flexibility index (Phi) is 6.80. The zero-order chi connectivity index (χ0) is 14.2. The van der Waals surface area contributed by atoms with Crippen molar-refractivity contribution in [3.63, 3.8) is 0 Å². The molecule has 0 radical (unpaired) electrons. The topological polar surface area (TPSA) is 41.6 Å². The number of hydrogen-bond donors (Lipinski definition) is 1. The number of ether oxygens (including phenoxy) is 1. The standard InChI is InChI=1S/C16H30N2O2/c1-2-20-11-9-16(19)17-12-14-8-10-18(13-14)15-6-4-3-5-7-15/h14-15H,2-13H2,1H3,(H,17,19)/t14-/m0/s1. The van der Waals surface area contributed by atoms with Gasteiger partial charge in [-0.05, 0) is 38.6 Å². The Balaban J connectivity index is 1.59. The minimum Gasteiger partial charge on any atom is -0.381 e. The second-order valence-electron chi connectivity index (χ2n) is 6.19. The first-order valence-corrected chi connectivity index (χ1v) is 8.38. The summed E-state index contributed by atoms with van der Waals surface area (Å²) in [4.78, 5) is 14.3. The maximum atomic E-state index is 11.7. The van der Waals surface area contributed by atoms with Gasteiger partial charge >= 0.3 is 0 Å². The molecule has 116 valence electrons. The molecule has 0 unspecified atom stereocenters. The SMILES string of the molecule is CCOCCC(=O)NC[C@@H]1CCN(C2CCCCC2)C1. The van der Waals surface area contributed by atoms with Gasteiger partial charge in [0.25, 0.3) is 0 Å². The quantitative estimate of drug-likeness (QED) is 0.728. The van der Waals surface area contributed by atoms with Crippen molar-refractivity contribution in [3.8, 4) is 0 Å². The second-order valence-corrected chi connectivity index (χ2v) is 6.19. The van der Waals surface area contributed by atoms with Crippen molar-refractivity contribution >= 4 is 5.91 Å². The molecule has 1 amide bonds. The molecule has 1 saturated heterocycles. The van der Waals surface area contributed by atoms with E-state index in [0.717, 1.165) is 12.6 Å². The summed E-state index contributed by atoms with van der Waals surface area (Å²) < 4.78 is 5.20. The van der Waals surface area contributed by atoms with Crippen LogP contribution in [-0.4, -0.2) is 49.7 Å². The smallest absolute Gasteiger partial charge is 0.222 e. The van der Waals surface area contributed by atoms with E-state index in [-0.39, 0.29) is 5.91 Å². The molecule has 4 heteroatoms. The van der Waals surface area contributed by atoms with Gasteiger partial charge in [-0.15, -0.1) is 0 Å². The van der Waals surface area contributed by atoms with Crippen LogP contribution in [0.1, 0.15) is 51.9 Å².